The van der Waals surface area contributed by atoms with Gasteiger partial charge in [0, 0.05) is 24.7 Å². The summed E-state index contributed by atoms with van der Waals surface area (Å²) in [5.41, 5.74) is 0.761. The Hall–Kier alpha value is -0.930. The second-order valence-electron chi connectivity index (χ2n) is 4.88. The summed E-state index contributed by atoms with van der Waals surface area (Å²) in [7, 11) is 4.00. The summed E-state index contributed by atoms with van der Waals surface area (Å²) in [6.45, 7) is 5.96. The molecule has 0 aliphatic rings. The first-order valence-electron chi connectivity index (χ1n) is 6.14. The Morgan fingerprint density at radius 2 is 1.94 bits per heavy atom. The Morgan fingerprint density at radius 1 is 1.29 bits per heavy atom. The third-order valence-electron chi connectivity index (χ3n) is 3.13. The lowest BCUT2D eigenvalue weighted by Crippen LogP contribution is -2.42. The molecular formula is C14H23FN2. The predicted octanol–water partition coefficient (Wildman–Crippen LogP) is 2.50. The van der Waals surface area contributed by atoms with Gasteiger partial charge in [0.1, 0.15) is 5.82 Å². The Morgan fingerprint density at radius 3 is 2.47 bits per heavy atom. The van der Waals surface area contributed by atoms with Gasteiger partial charge in [0.2, 0.25) is 0 Å². The van der Waals surface area contributed by atoms with Crippen LogP contribution in [0.4, 0.5) is 4.39 Å². The summed E-state index contributed by atoms with van der Waals surface area (Å²) in [6.07, 6.45) is 0. The number of likely N-dealkylation sites (N-methyl/N-ethyl adjacent to an activating group) is 2. The monoisotopic (exact) mass is 238 g/mol. The van der Waals surface area contributed by atoms with Gasteiger partial charge in [-0.1, -0.05) is 32.0 Å². The highest BCUT2D eigenvalue weighted by molar-refractivity contribution is 5.17. The smallest absolute Gasteiger partial charge is 0.127 e. The van der Waals surface area contributed by atoms with Crippen LogP contribution in [0.25, 0.3) is 0 Å². The number of rotatable bonds is 6. The Kier molecular flexibility index (Phi) is 5.59. The van der Waals surface area contributed by atoms with E-state index in [9.17, 15) is 4.39 Å². The van der Waals surface area contributed by atoms with Gasteiger partial charge in [0.25, 0.3) is 0 Å². The van der Waals surface area contributed by atoms with Crippen LogP contribution in [0.2, 0.25) is 0 Å². The lowest BCUT2D eigenvalue weighted by molar-refractivity contribution is 0.180. The minimum atomic E-state index is -0.119. The summed E-state index contributed by atoms with van der Waals surface area (Å²) in [5, 5.41) is 3.20. The molecule has 0 saturated carbocycles. The Bertz CT molecular complexity index is 339. The zero-order chi connectivity index (χ0) is 12.8. The molecule has 1 aromatic rings. The lowest BCUT2D eigenvalue weighted by atomic mass is 10.0. The van der Waals surface area contributed by atoms with E-state index in [1.807, 2.05) is 19.2 Å². The van der Waals surface area contributed by atoms with Gasteiger partial charge >= 0.3 is 0 Å². The third-order valence-corrected chi connectivity index (χ3v) is 3.13. The van der Waals surface area contributed by atoms with Crippen LogP contribution in [-0.2, 0) is 6.54 Å². The molecule has 1 unspecified atom stereocenters. The lowest BCUT2D eigenvalue weighted by Gasteiger charge is -2.31. The van der Waals surface area contributed by atoms with Crippen molar-refractivity contribution >= 4 is 0 Å². The average molecular weight is 238 g/mol. The zero-order valence-corrected chi connectivity index (χ0v) is 11.2. The second-order valence-corrected chi connectivity index (χ2v) is 4.88. The number of hydrogen-bond acceptors (Lipinski definition) is 2. The van der Waals surface area contributed by atoms with Crippen molar-refractivity contribution in [3.05, 3.63) is 35.6 Å². The molecule has 0 radical (unpaired) electrons. The van der Waals surface area contributed by atoms with Crippen molar-refractivity contribution < 1.29 is 4.39 Å². The van der Waals surface area contributed by atoms with Crippen molar-refractivity contribution in [2.45, 2.75) is 26.4 Å². The molecule has 0 spiro atoms. The molecule has 1 atom stereocenters. The molecule has 0 amide bonds. The highest BCUT2D eigenvalue weighted by Crippen LogP contribution is 2.14. The van der Waals surface area contributed by atoms with E-state index in [1.54, 1.807) is 6.07 Å². The van der Waals surface area contributed by atoms with Crippen LogP contribution >= 0.6 is 0 Å². The topological polar surface area (TPSA) is 15.3 Å². The molecule has 0 aliphatic heterocycles. The fourth-order valence-electron chi connectivity index (χ4n) is 2.12. The van der Waals surface area contributed by atoms with Crippen LogP contribution in [0.3, 0.4) is 0 Å². The molecule has 3 heteroatoms. The van der Waals surface area contributed by atoms with Crippen molar-refractivity contribution in [2.24, 2.45) is 5.92 Å². The molecule has 1 rings (SSSR count). The largest absolute Gasteiger partial charge is 0.318 e. The SMILES string of the molecule is CNCC(C(C)C)N(C)Cc1ccccc1F. The molecular weight excluding hydrogens is 215 g/mol. The molecule has 1 N–H and O–H groups in total. The quantitative estimate of drug-likeness (QED) is 0.819. The zero-order valence-electron chi connectivity index (χ0n) is 11.2. The summed E-state index contributed by atoms with van der Waals surface area (Å²) in [5.74, 6) is 0.422. The maximum atomic E-state index is 13.6. The second kappa shape index (κ2) is 6.72. The molecule has 0 heterocycles. The van der Waals surface area contributed by atoms with Crippen molar-refractivity contribution in [3.8, 4) is 0 Å². The highest BCUT2D eigenvalue weighted by Gasteiger charge is 2.18. The maximum Gasteiger partial charge on any atom is 0.127 e. The Labute approximate surface area is 104 Å². The minimum Gasteiger partial charge on any atom is -0.318 e. The molecule has 1 aromatic carbocycles. The number of nitrogens with zero attached hydrogens (tertiary/aromatic N) is 1. The van der Waals surface area contributed by atoms with Crippen LogP contribution in [0, 0.1) is 11.7 Å². The summed E-state index contributed by atoms with van der Waals surface area (Å²) in [4.78, 5) is 2.21. The third kappa shape index (κ3) is 4.10. The van der Waals surface area contributed by atoms with E-state index in [4.69, 9.17) is 0 Å². The van der Waals surface area contributed by atoms with Gasteiger partial charge < -0.3 is 5.32 Å². The van der Waals surface area contributed by atoms with Crippen LogP contribution in [0.15, 0.2) is 24.3 Å². The van der Waals surface area contributed by atoms with Crippen LogP contribution in [0.5, 0.6) is 0 Å². The predicted molar refractivity (Wildman–Crippen MR) is 70.4 cm³/mol. The van der Waals surface area contributed by atoms with E-state index in [0.717, 1.165) is 12.1 Å². The molecule has 0 fully saturated rings. The van der Waals surface area contributed by atoms with E-state index in [0.29, 0.717) is 18.5 Å². The first-order valence-corrected chi connectivity index (χ1v) is 6.14. The van der Waals surface area contributed by atoms with Gasteiger partial charge in [-0.25, -0.2) is 4.39 Å². The minimum absolute atomic E-state index is 0.119. The number of nitrogens with one attached hydrogen (secondary N) is 1. The molecule has 17 heavy (non-hydrogen) atoms. The van der Waals surface area contributed by atoms with E-state index in [-0.39, 0.29) is 5.82 Å². The van der Waals surface area contributed by atoms with E-state index >= 15 is 0 Å². The van der Waals surface area contributed by atoms with Crippen molar-refractivity contribution in [1.82, 2.24) is 10.2 Å². The van der Waals surface area contributed by atoms with Crippen molar-refractivity contribution in [3.63, 3.8) is 0 Å². The van der Waals surface area contributed by atoms with Gasteiger partial charge in [0.05, 0.1) is 0 Å². The molecule has 0 bridgehead atoms. The summed E-state index contributed by atoms with van der Waals surface area (Å²) >= 11 is 0. The highest BCUT2D eigenvalue weighted by atomic mass is 19.1. The van der Waals surface area contributed by atoms with Gasteiger partial charge in [-0.15, -0.1) is 0 Å². The summed E-state index contributed by atoms with van der Waals surface area (Å²) in [6, 6.07) is 7.40. The van der Waals surface area contributed by atoms with Crippen LogP contribution < -0.4 is 5.32 Å². The maximum absolute atomic E-state index is 13.6. The number of halogens is 1. The van der Waals surface area contributed by atoms with Gasteiger partial charge in [-0.05, 0) is 26.1 Å². The number of benzene rings is 1. The Balaban J connectivity index is 2.69. The molecule has 0 saturated heterocycles. The normalized spacial score (nSPS) is 13.4. The molecule has 0 aromatic heterocycles. The fourth-order valence-corrected chi connectivity index (χ4v) is 2.12. The van der Waals surface area contributed by atoms with Crippen molar-refractivity contribution in [1.29, 1.82) is 0 Å². The molecule has 0 aliphatic carbocycles. The van der Waals surface area contributed by atoms with Gasteiger partial charge in [-0.3, -0.25) is 4.90 Å². The fraction of sp³-hybridized carbons (Fsp3) is 0.571. The molecule has 2 nitrogen and oxygen atoms in total. The van der Waals surface area contributed by atoms with Gasteiger partial charge in [0.15, 0.2) is 0 Å². The van der Waals surface area contributed by atoms with Crippen LogP contribution in [-0.4, -0.2) is 31.6 Å². The molecule has 96 valence electrons. The van der Waals surface area contributed by atoms with E-state index < -0.39 is 0 Å². The first kappa shape index (κ1) is 14.1. The number of hydrogen-bond donors (Lipinski definition) is 1. The summed E-state index contributed by atoms with van der Waals surface area (Å²) < 4.78 is 13.6. The average Bonchev–Trinajstić information content (AvgIpc) is 2.28. The van der Waals surface area contributed by atoms with Crippen molar-refractivity contribution in [2.75, 3.05) is 20.6 Å². The van der Waals surface area contributed by atoms with Crippen LogP contribution in [0.1, 0.15) is 19.4 Å². The standard InChI is InChI=1S/C14H23FN2/c1-11(2)14(9-16-3)17(4)10-12-7-5-6-8-13(12)15/h5-8,11,14,16H,9-10H2,1-4H3. The first-order chi connectivity index (χ1) is 8.06. The van der Waals surface area contributed by atoms with E-state index in [1.165, 1.54) is 6.07 Å². The van der Waals surface area contributed by atoms with E-state index in [2.05, 4.69) is 31.1 Å². The van der Waals surface area contributed by atoms with Gasteiger partial charge in [-0.2, -0.15) is 0 Å².